The van der Waals surface area contributed by atoms with Gasteiger partial charge in [0.05, 0.1) is 12.8 Å². The van der Waals surface area contributed by atoms with Gasteiger partial charge in [-0.25, -0.2) is 4.79 Å². The molecule has 0 aliphatic carbocycles. The highest BCUT2D eigenvalue weighted by Crippen LogP contribution is 2.40. The van der Waals surface area contributed by atoms with Gasteiger partial charge < -0.3 is 10.5 Å². The van der Waals surface area contributed by atoms with Crippen molar-refractivity contribution in [2.24, 2.45) is 0 Å². The Morgan fingerprint density at radius 2 is 2.05 bits per heavy atom. The Bertz CT molecular complexity index is 649. The zero-order valence-electron chi connectivity index (χ0n) is 10.9. The van der Waals surface area contributed by atoms with Crippen LogP contribution in [0.25, 0.3) is 10.4 Å². The Labute approximate surface area is 121 Å². The molecule has 5 heteroatoms. The maximum atomic E-state index is 11.7. The minimum atomic E-state index is -0.406. The number of thiophene rings is 1. The molecule has 0 aliphatic heterocycles. The molecule has 1 aromatic carbocycles. The molecule has 1 aromatic heterocycles. The first-order valence-corrected chi connectivity index (χ1v) is 6.88. The van der Waals surface area contributed by atoms with Crippen LogP contribution in [-0.2, 0) is 4.74 Å². The average Bonchev–Trinajstić information content (AvgIpc) is 2.69. The van der Waals surface area contributed by atoms with Gasteiger partial charge in [-0.15, -0.1) is 11.3 Å². The largest absolute Gasteiger partial charge is 0.465 e. The van der Waals surface area contributed by atoms with E-state index in [1.807, 2.05) is 32.0 Å². The van der Waals surface area contributed by atoms with Crippen molar-refractivity contribution in [2.45, 2.75) is 13.8 Å². The van der Waals surface area contributed by atoms with Crippen molar-refractivity contribution >= 4 is 34.6 Å². The number of aryl methyl sites for hydroxylation is 1. The van der Waals surface area contributed by atoms with Crippen LogP contribution in [0.2, 0.25) is 5.02 Å². The van der Waals surface area contributed by atoms with Crippen molar-refractivity contribution in [2.75, 3.05) is 12.8 Å². The maximum Gasteiger partial charge on any atom is 0.350 e. The van der Waals surface area contributed by atoms with Crippen molar-refractivity contribution in [1.29, 1.82) is 0 Å². The van der Waals surface area contributed by atoms with Gasteiger partial charge in [0.2, 0.25) is 0 Å². The molecular formula is C14H14ClNO2S. The molecule has 3 nitrogen and oxygen atoms in total. The Hall–Kier alpha value is -1.52. The molecule has 19 heavy (non-hydrogen) atoms. The van der Waals surface area contributed by atoms with E-state index in [1.54, 1.807) is 0 Å². The van der Waals surface area contributed by atoms with Gasteiger partial charge in [-0.1, -0.05) is 17.7 Å². The van der Waals surface area contributed by atoms with Crippen LogP contribution in [0.3, 0.4) is 0 Å². The van der Waals surface area contributed by atoms with E-state index < -0.39 is 5.97 Å². The summed E-state index contributed by atoms with van der Waals surface area (Å²) in [5.74, 6) is -0.406. The number of carbonyl (C=O) groups excluding carboxylic acids is 1. The smallest absolute Gasteiger partial charge is 0.350 e. The highest BCUT2D eigenvalue weighted by molar-refractivity contribution is 7.18. The minimum absolute atomic E-state index is 0.406. The molecule has 0 amide bonds. The van der Waals surface area contributed by atoms with Crippen molar-refractivity contribution in [3.8, 4) is 10.4 Å². The lowest BCUT2D eigenvalue weighted by Gasteiger charge is -2.05. The number of nitrogens with two attached hydrogens (primary N) is 1. The van der Waals surface area contributed by atoms with Gasteiger partial charge in [0.15, 0.2) is 0 Å². The first-order chi connectivity index (χ1) is 8.95. The summed E-state index contributed by atoms with van der Waals surface area (Å²) in [6.07, 6.45) is 0. The van der Waals surface area contributed by atoms with Crippen LogP contribution in [0, 0.1) is 13.8 Å². The fraction of sp³-hybridized carbons (Fsp3) is 0.214. The third-order valence-corrected chi connectivity index (χ3v) is 4.56. The topological polar surface area (TPSA) is 52.3 Å². The van der Waals surface area contributed by atoms with E-state index in [0.717, 1.165) is 21.6 Å². The van der Waals surface area contributed by atoms with E-state index in [1.165, 1.54) is 18.4 Å². The Morgan fingerprint density at radius 1 is 1.37 bits per heavy atom. The number of esters is 1. The van der Waals surface area contributed by atoms with Crippen LogP contribution in [0.15, 0.2) is 18.2 Å². The molecule has 0 saturated heterocycles. The van der Waals surface area contributed by atoms with E-state index >= 15 is 0 Å². The SMILES string of the molecule is COC(=O)c1sc(-c2cc(Cl)ccc2C)c(C)c1N. The van der Waals surface area contributed by atoms with Crippen LogP contribution < -0.4 is 5.73 Å². The Balaban J connectivity index is 2.63. The summed E-state index contributed by atoms with van der Waals surface area (Å²) in [5.41, 5.74) is 9.43. The van der Waals surface area contributed by atoms with E-state index in [2.05, 4.69) is 0 Å². The number of nitrogen functional groups attached to an aromatic ring is 1. The van der Waals surface area contributed by atoms with Gasteiger partial charge in [0.25, 0.3) is 0 Å². The Kier molecular flexibility index (Phi) is 3.83. The van der Waals surface area contributed by atoms with Gasteiger partial charge >= 0.3 is 5.97 Å². The van der Waals surface area contributed by atoms with Crippen LogP contribution in [0.5, 0.6) is 0 Å². The molecule has 0 spiro atoms. The third-order valence-electron chi connectivity index (χ3n) is 3.01. The monoisotopic (exact) mass is 295 g/mol. The van der Waals surface area contributed by atoms with E-state index in [0.29, 0.717) is 15.6 Å². The summed E-state index contributed by atoms with van der Waals surface area (Å²) in [7, 11) is 1.35. The lowest BCUT2D eigenvalue weighted by molar-refractivity contribution is 0.0607. The fourth-order valence-corrected chi connectivity index (χ4v) is 3.27. The molecule has 1 heterocycles. The summed E-state index contributed by atoms with van der Waals surface area (Å²) in [6, 6.07) is 5.68. The molecule has 0 atom stereocenters. The highest BCUT2D eigenvalue weighted by atomic mass is 35.5. The molecule has 0 unspecified atom stereocenters. The Morgan fingerprint density at radius 3 is 2.68 bits per heavy atom. The van der Waals surface area contributed by atoms with E-state index in [4.69, 9.17) is 22.1 Å². The molecule has 100 valence electrons. The van der Waals surface area contributed by atoms with Crippen LogP contribution in [0.1, 0.15) is 20.8 Å². The predicted octanol–water partition coefficient (Wildman–Crippen LogP) is 4.05. The normalized spacial score (nSPS) is 10.5. The summed E-state index contributed by atoms with van der Waals surface area (Å²) in [4.78, 5) is 13.1. The second-order valence-corrected chi connectivity index (χ2v) is 5.71. The summed E-state index contributed by atoms with van der Waals surface area (Å²) in [6.45, 7) is 3.90. The van der Waals surface area contributed by atoms with Crippen LogP contribution in [0.4, 0.5) is 5.69 Å². The molecular weight excluding hydrogens is 282 g/mol. The number of carbonyl (C=O) groups is 1. The first kappa shape index (κ1) is 13.9. The number of hydrogen-bond acceptors (Lipinski definition) is 4. The number of halogens is 1. The second-order valence-electron chi connectivity index (χ2n) is 4.25. The van der Waals surface area contributed by atoms with Crippen molar-refractivity contribution in [1.82, 2.24) is 0 Å². The van der Waals surface area contributed by atoms with Gasteiger partial charge in [0, 0.05) is 9.90 Å². The molecule has 0 fully saturated rings. The van der Waals surface area contributed by atoms with E-state index in [9.17, 15) is 4.79 Å². The maximum absolute atomic E-state index is 11.7. The van der Waals surface area contributed by atoms with Crippen molar-refractivity contribution in [3.05, 3.63) is 39.2 Å². The lowest BCUT2D eigenvalue weighted by atomic mass is 10.0. The quantitative estimate of drug-likeness (QED) is 0.850. The highest BCUT2D eigenvalue weighted by Gasteiger charge is 2.20. The summed E-state index contributed by atoms with van der Waals surface area (Å²) >= 11 is 7.37. The van der Waals surface area contributed by atoms with Crippen LogP contribution >= 0.6 is 22.9 Å². The number of rotatable bonds is 2. The van der Waals surface area contributed by atoms with Crippen molar-refractivity contribution in [3.63, 3.8) is 0 Å². The fourth-order valence-electron chi connectivity index (χ4n) is 1.87. The number of anilines is 1. The number of ether oxygens (including phenoxy) is 1. The first-order valence-electron chi connectivity index (χ1n) is 5.69. The van der Waals surface area contributed by atoms with Crippen LogP contribution in [-0.4, -0.2) is 13.1 Å². The van der Waals surface area contributed by atoms with E-state index in [-0.39, 0.29) is 0 Å². The number of methoxy groups -OCH3 is 1. The number of benzene rings is 1. The molecule has 0 radical (unpaired) electrons. The predicted molar refractivity (Wildman–Crippen MR) is 80.0 cm³/mol. The molecule has 2 aromatic rings. The zero-order chi connectivity index (χ0) is 14.2. The standard InChI is InChI=1S/C14H14ClNO2S/c1-7-4-5-9(15)6-10(7)12-8(2)11(16)13(19-12)14(17)18-3/h4-6H,16H2,1-3H3. The van der Waals surface area contributed by atoms with Crippen molar-refractivity contribution < 1.29 is 9.53 Å². The molecule has 2 rings (SSSR count). The molecule has 0 aliphatic rings. The van der Waals surface area contributed by atoms with Gasteiger partial charge in [0.1, 0.15) is 4.88 Å². The number of hydrogen-bond donors (Lipinski definition) is 1. The average molecular weight is 296 g/mol. The minimum Gasteiger partial charge on any atom is -0.465 e. The van der Waals surface area contributed by atoms with Gasteiger partial charge in [-0.2, -0.15) is 0 Å². The molecule has 2 N–H and O–H groups in total. The second kappa shape index (κ2) is 5.23. The van der Waals surface area contributed by atoms with Gasteiger partial charge in [-0.05, 0) is 42.7 Å². The lowest BCUT2D eigenvalue weighted by Crippen LogP contribution is -2.01. The third kappa shape index (κ3) is 2.46. The molecule has 0 bridgehead atoms. The summed E-state index contributed by atoms with van der Waals surface area (Å²) in [5, 5.41) is 0.659. The summed E-state index contributed by atoms with van der Waals surface area (Å²) < 4.78 is 4.74. The zero-order valence-corrected chi connectivity index (χ0v) is 12.5. The van der Waals surface area contributed by atoms with Gasteiger partial charge in [-0.3, -0.25) is 0 Å². The molecule has 0 saturated carbocycles.